The molecule has 4 aromatic rings. The lowest BCUT2D eigenvalue weighted by Gasteiger charge is -2.08. The Morgan fingerprint density at radius 1 is 1.12 bits per heavy atom. The molecule has 25 heavy (non-hydrogen) atoms. The number of aryl methyl sites for hydroxylation is 3. The maximum Gasteiger partial charge on any atom is 0.329 e. The molecule has 3 heterocycles. The third-order valence-corrected chi connectivity index (χ3v) is 5.11. The maximum atomic E-state index is 12.4. The van der Waals surface area contributed by atoms with E-state index in [4.69, 9.17) is 11.6 Å². The van der Waals surface area contributed by atoms with Gasteiger partial charge in [0, 0.05) is 23.5 Å². The van der Waals surface area contributed by atoms with Crippen LogP contribution in [0.3, 0.4) is 0 Å². The van der Waals surface area contributed by atoms with Gasteiger partial charge in [-0.1, -0.05) is 17.7 Å². The molecule has 1 aromatic carbocycles. The van der Waals surface area contributed by atoms with Crippen LogP contribution in [0.1, 0.15) is 17.0 Å². The fourth-order valence-electron chi connectivity index (χ4n) is 3.14. The van der Waals surface area contributed by atoms with Crippen LogP contribution in [0.15, 0.2) is 27.8 Å². The predicted octanol–water partition coefficient (Wildman–Crippen LogP) is 2.24. The molecule has 3 aromatic heterocycles. The average Bonchev–Trinajstić information content (AvgIpc) is 3.05. The zero-order chi connectivity index (χ0) is 18.0. The van der Waals surface area contributed by atoms with Gasteiger partial charge >= 0.3 is 5.69 Å². The van der Waals surface area contributed by atoms with Crippen LogP contribution in [0.5, 0.6) is 0 Å². The van der Waals surface area contributed by atoms with Gasteiger partial charge in [0.15, 0.2) is 11.2 Å². The van der Waals surface area contributed by atoms with Gasteiger partial charge in [-0.25, -0.2) is 4.79 Å². The number of imidazole rings is 2. The van der Waals surface area contributed by atoms with Gasteiger partial charge in [-0.3, -0.25) is 23.3 Å². The Morgan fingerprint density at radius 2 is 1.84 bits per heavy atom. The monoisotopic (exact) mass is 357 g/mol. The van der Waals surface area contributed by atoms with Gasteiger partial charge < -0.3 is 0 Å². The lowest BCUT2D eigenvalue weighted by Crippen LogP contribution is -2.28. The molecule has 0 spiro atoms. The van der Waals surface area contributed by atoms with Gasteiger partial charge in [-0.05, 0) is 38.5 Å². The van der Waals surface area contributed by atoms with E-state index >= 15 is 0 Å². The Kier molecular flexibility index (Phi) is 3.20. The van der Waals surface area contributed by atoms with Gasteiger partial charge in [0.2, 0.25) is 5.78 Å². The number of hydrogen-bond donors (Lipinski definition) is 1. The van der Waals surface area contributed by atoms with Crippen molar-refractivity contribution in [3.05, 3.63) is 61.0 Å². The molecular formula is C17H16ClN5O2. The van der Waals surface area contributed by atoms with E-state index in [1.165, 1.54) is 4.57 Å². The second-order valence-electron chi connectivity index (χ2n) is 6.18. The summed E-state index contributed by atoms with van der Waals surface area (Å²) < 4.78 is 5.05. The first-order valence-electron chi connectivity index (χ1n) is 7.77. The SMILES string of the molecule is Cc1ccc(-n2c(C)c(C)n3c4c(=O)[nH]c(=O)n(C)c4nc23)cc1Cl. The zero-order valence-corrected chi connectivity index (χ0v) is 15.0. The second-order valence-corrected chi connectivity index (χ2v) is 6.58. The highest BCUT2D eigenvalue weighted by Crippen LogP contribution is 2.26. The fraction of sp³-hybridized carbons (Fsp3) is 0.235. The van der Waals surface area contributed by atoms with E-state index in [-0.39, 0.29) is 0 Å². The van der Waals surface area contributed by atoms with Crippen molar-refractivity contribution >= 4 is 28.5 Å². The smallest absolute Gasteiger partial charge is 0.283 e. The van der Waals surface area contributed by atoms with Gasteiger partial charge in [-0.15, -0.1) is 0 Å². The molecule has 1 N–H and O–H groups in total. The molecule has 0 saturated heterocycles. The highest BCUT2D eigenvalue weighted by Gasteiger charge is 2.21. The zero-order valence-electron chi connectivity index (χ0n) is 14.2. The summed E-state index contributed by atoms with van der Waals surface area (Å²) in [6, 6.07) is 5.76. The van der Waals surface area contributed by atoms with E-state index in [1.54, 1.807) is 11.4 Å². The number of benzene rings is 1. The van der Waals surface area contributed by atoms with E-state index in [0.717, 1.165) is 22.6 Å². The minimum absolute atomic E-state index is 0.346. The van der Waals surface area contributed by atoms with Gasteiger partial charge in [0.25, 0.3) is 5.56 Å². The Labute approximate surface area is 147 Å². The van der Waals surface area contributed by atoms with Crippen LogP contribution in [0.25, 0.3) is 22.6 Å². The van der Waals surface area contributed by atoms with Crippen molar-refractivity contribution in [1.29, 1.82) is 0 Å². The number of hydrogen-bond acceptors (Lipinski definition) is 3. The van der Waals surface area contributed by atoms with Gasteiger partial charge in [0.1, 0.15) is 0 Å². The summed E-state index contributed by atoms with van der Waals surface area (Å²) in [4.78, 5) is 31.2. The summed E-state index contributed by atoms with van der Waals surface area (Å²) in [5.41, 5.74) is 3.41. The Bertz CT molecular complexity index is 1290. The molecule has 8 heteroatoms. The van der Waals surface area contributed by atoms with Crippen molar-refractivity contribution in [2.75, 3.05) is 0 Å². The highest BCUT2D eigenvalue weighted by atomic mass is 35.5. The van der Waals surface area contributed by atoms with E-state index in [0.29, 0.717) is 22.0 Å². The third-order valence-electron chi connectivity index (χ3n) is 4.71. The first kappa shape index (κ1) is 15.7. The molecule has 4 rings (SSSR count). The topological polar surface area (TPSA) is 77.1 Å². The van der Waals surface area contributed by atoms with E-state index in [9.17, 15) is 9.59 Å². The second kappa shape index (κ2) is 5.10. The van der Waals surface area contributed by atoms with Crippen LogP contribution in [-0.4, -0.2) is 23.5 Å². The van der Waals surface area contributed by atoms with Crippen LogP contribution in [0.2, 0.25) is 5.02 Å². The van der Waals surface area contributed by atoms with Crippen molar-refractivity contribution < 1.29 is 0 Å². The van der Waals surface area contributed by atoms with Crippen molar-refractivity contribution in [1.82, 2.24) is 23.5 Å². The number of rotatable bonds is 1. The van der Waals surface area contributed by atoms with E-state index in [2.05, 4.69) is 9.97 Å². The molecule has 7 nitrogen and oxygen atoms in total. The highest BCUT2D eigenvalue weighted by molar-refractivity contribution is 6.31. The van der Waals surface area contributed by atoms with Crippen molar-refractivity contribution in [2.24, 2.45) is 7.05 Å². The van der Waals surface area contributed by atoms with Crippen molar-refractivity contribution in [2.45, 2.75) is 20.8 Å². The molecular weight excluding hydrogens is 342 g/mol. The number of H-pyrrole nitrogens is 1. The van der Waals surface area contributed by atoms with E-state index < -0.39 is 11.2 Å². The number of nitrogens with one attached hydrogen (secondary N) is 1. The summed E-state index contributed by atoms with van der Waals surface area (Å²) in [6.45, 7) is 5.81. The summed E-state index contributed by atoms with van der Waals surface area (Å²) in [5.74, 6) is 0.566. The van der Waals surface area contributed by atoms with Crippen molar-refractivity contribution in [3.63, 3.8) is 0 Å². The molecule has 0 bridgehead atoms. The predicted molar refractivity (Wildman–Crippen MR) is 97.1 cm³/mol. The molecule has 0 saturated carbocycles. The summed E-state index contributed by atoms with van der Waals surface area (Å²) in [7, 11) is 1.59. The first-order chi connectivity index (χ1) is 11.8. The van der Waals surface area contributed by atoms with Crippen LogP contribution < -0.4 is 11.2 Å². The van der Waals surface area contributed by atoms with E-state index in [1.807, 2.05) is 43.5 Å². The number of nitrogens with zero attached hydrogens (tertiary/aromatic N) is 4. The molecule has 0 aliphatic carbocycles. The largest absolute Gasteiger partial charge is 0.329 e. The molecule has 0 aliphatic rings. The van der Waals surface area contributed by atoms with Crippen LogP contribution in [0.4, 0.5) is 0 Å². The van der Waals surface area contributed by atoms with Crippen molar-refractivity contribution in [3.8, 4) is 5.69 Å². The lowest BCUT2D eigenvalue weighted by molar-refractivity contribution is 0.830. The summed E-state index contributed by atoms with van der Waals surface area (Å²) >= 11 is 6.28. The molecule has 0 fully saturated rings. The third kappa shape index (κ3) is 2.02. The summed E-state index contributed by atoms with van der Waals surface area (Å²) in [5, 5.41) is 0.655. The first-order valence-corrected chi connectivity index (χ1v) is 8.15. The van der Waals surface area contributed by atoms with Gasteiger partial charge in [-0.2, -0.15) is 4.98 Å². The molecule has 0 amide bonds. The quantitative estimate of drug-likeness (QED) is 0.567. The minimum atomic E-state index is -0.488. The lowest BCUT2D eigenvalue weighted by atomic mass is 10.2. The molecule has 0 radical (unpaired) electrons. The Balaban J connectivity index is 2.22. The number of aromatic nitrogens is 5. The van der Waals surface area contributed by atoms with Gasteiger partial charge in [0.05, 0.1) is 5.69 Å². The molecule has 128 valence electrons. The fourth-order valence-corrected chi connectivity index (χ4v) is 3.32. The Hall–Kier alpha value is -2.80. The summed E-state index contributed by atoms with van der Waals surface area (Å²) in [6.07, 6.45) is 0. The standard InChI is InChI=1S/C17H16ClN5O2/c1-8-5-6-11(7-12(8)18)22-9(2)10(3)23-13-14(19-16(22)23)21(4)17(25)20-15(13)24/h5-7H,1-4H3,(H,20,24,25). The number of fused-ring (bicyclic) bond motifs is 3. The number of halogens is 1. The maximum absolute atomic E-state index is 12.4. The van der Waals surface area contributed by atoms with Crippen LogP contribution >= 0.6 is 11.6 Å². The molecule has 0 aliphatic heterocycles. The normalized spacial score (nSPS) is 11.7. The average molecular weight is 358 g/mol. The molecule has 0 atom stereocenters. The van der Waals surface area contributed by atoms with Crippen LogP contribution in [-0.2, 0) is 7.05 Å². The molecule has 0 unspecified atom stereocenters. The minimum Gasteiger partial charge on any atom is -0.283 e. The number of aromatic amines is 1. The Morgan fingerprint density at radius 3 is 2.52 bits per heavy atom. The van der Waals surface area contributed by atoms with Crippen LogP contribution in [0, 0.1) is 20.8 Å².